The first-order valence-electron chi connectivity index (χ1n) is 6.57. The van der Waals surface area contributed by atoms with Gasteiger partial charge in [-0.2, -0.15) is 0 Å². The molecule has 0 aliphatic rings. The van der Waals surface area contributed by atoms with Gasteiger partial charge in [0.25, 0.3) is 0 Å². The van der Waals surface area contributed by atoms with E-state index in [-0.39, 0.29) is 16.9 Å². The molecule has 2 rings (SSSR count). The molecule has 0 aromatic heterocycles. The smallest absolute Gasteiger partial charge is 0.123 e. The lowest BCUT2D eigenvalue weighted by molar-refractivity contribution is 0.420. The molecule has 0 aliphatic carbocycles. The molecular formula is C17H20O2. The zero-order valence-electron chi connectivity index (χ0n) is 11.6. The van der Waals surface area contributed by atoms with Crippen LogP contribution in [0.4, 0.5) is 0 Å². The van der Waals surface area contributed by atoms with Crippen LogP contribution in [0.1, 0.15) is 32.8 Å². The molecule has 0 heterocycles. The first kappa shape index (κ1) is 13.5. The number of phenols is 2. The van der Waals surface area contributed by atoms with Crippen molar-refractivity contribution in [2.75, 3.05) is 0 Å². The summed E-state index contributed by atoms with van der Waals surface area (Å²) in [6, 6.07) is 12.9. The van der Waals surface area contributed by atoms with Crippen LogP contribution in [0.5, 0.6) is 11.5 Å². The number of benzene rings is 2. The van der Waals surface area contributed by atoms with E-state index in [1.807, 2.05) is 30.3 Å². The van der Waals surface area contributed by atoms with Gasteiger partial charge in [0.15, 0.2) is 0 Å². The maximum absolute atomic E-state index is 10.2. The van der Waals surface area contributed by atoms with Crippen LogP contribution < -0.4 is 0 Å². The van der Waals surface area contributed by atoms with Crippen molar-refractivity contribution in [2.45, 2.75) is 32.6 Å². The van der Waals surface area contributed by atoms with Crippen molar-refractivity contribution in [2.24, 2.45) is 0 Å². The van der Waals surface area contributed by atoms with Crippen LogP contribution in [-0.4, -0.2) is 10.2 Å². The minimum Gasteiger partial charge on any atom is -0.508 e. The highest BCUT2D eigenvalue weighted by atomic mass is 16.3. The van der Waals surface area contributed by atoms with Crippen molar-refractivity contribution >= 4 is 0 Å². The van der Waals surface area contributed by atoms with Crippen molar-refractivity contribution in [3.8, 4) is 22.6 Å². The average molecular weight is 256 g/mol. The van der Waals surface area contributed by atoms with Gasteiger partial charge in [-0.15, -0.1) is 0 Å². The van der Waals surface area contributed by atoms with E-state index >= 15 is 0 Å². The first-order chi connectivity index (χ1) is 8.95. The topological polar surface area (TPSA) is 40.5 Å². The predicted octanol–water partition coefficient (Wildman–Crippen LogP) is 4.45. The van der Waals surface area contributed by atoms with E-state index < -0.39 is 0 Å². The van der Waals surface area contributed by atoms with E-state index in [9.17, 15) is 10.2 Å². The molecular weight excluding hydrogens is 236 g/mol. The van der Waals surface area contributed by atoms with Gasteiger partial charge in [0.05, 0.1) is 0 Å². The Morgan fingerprint density at radius 2 is 1.58 bits per heavy atom. The van der Waals surface area contributed by atoms with Crippen LogP contribution >= 0.6 is 0 Å². The Morgan fingerprint density at radius 1 is 0.947 bits per heavy atom. The highest BCUT2D eigenvalue weighted by molar-refractivity contribution is 5.73. The molecule has 19 heavy (non-hydrogen) atoms. The molecule has 0 amide bonds. The number of hydrogen-bond donors (Lipinski definition) is 2. The van der Waals surface area contributed by atoms with Gasteiger partial charge in [-0.1, -0.05) is 51.1 Å². The van der Waals surface area contributed by atoms with Crippen molar-refractivity contribution in [1.82, 2.24) is 0 Å². The van der Waals surface area contributed by atoms with Crippen LogP contribution in [-0.2, 0) is 5.41 Å². The summed E-state index contributed by atoms with van der Waals surface area (Å²) in [5.41, 5.74) is 2.19. The summed E-state index contributed by atoms with van der Waals surface area (Å²) in [6.45, 7) is 6.19. The summed E-state index contributed by atoms with van der Waals surface area (Å²) in [5.74, 6) is 0.448. The fraction of sp³-hybridized carbons (Fsp3) is 0.294. The van der Waals surface area contributed by atoms with Gasteiger partial charge in [0.2, 0.25) is 0 Å². The van der Waals surface area contributed by atoms with E-state index in [2.05, 4.69) is 20.8 Å². The summed E-state index contributed by atoms with van der Waals surface area (Å²) in [5, 5.41) is 20.4. The van der Waals surface area contributed by atoms with E-state index in [4.69, 9.17) is 0 Å². The fourth-order valence-corrected chi connectivity index (χ4v) is 2.16. The Morgan fingerprint density at radius 3 is 2.16 bits per heavy atom. The lowest BCUT2D eigenvalue weighted by Crippen LogP contribution is -2.15. The van der Waals surface area contributed by atoms with E-state index in [0.717, 1.165) is 17.5 Å². The quantitative estimate of drug-likeness (QED) is 0.796. The predicted molar refractivity (Wildman–Crippen MR) is 78.5 cm³/mol. The lowest BCUT2D eigenvalue weighted by Gasteiger charge is -2.25. The summed E-state index contributed by atoms with van der Waals surface area (Å²) in [4.78, 5) is 0. The molecule has 2 heteroatoms. The normalized spacial score (nSPS) is 11.5. The van der Waals surface area contributed by atoms with Gasteiger partial charge in [0.1, 0.15) is 11.5 Å². The van der Waals surface area contributed by atoms with Crippen molar-refractivity contribution in [1.29, 1.82) is 0 Å². The molecule has 0 radical (unpaired) electrons. The molecule has 2 aromatic rings. The molecule has 2 N–H and O–H groups in total. The molecule has 0 aliphatic heterocycles. The second-order valence-electron chi connectivity index (χ2n) is 5.49. The fourth-order valence-electron chi connectivity index (χ4n) is 2.16. The second kappa shape index (κ2) is 4.96. The third kappa shape index (κ3) is 2.58. The van der Waals surface area contributed by atoms with Gasteiger partial charge < -0.3 is 10.2 Å². The average Bonchev–Trinajstić information content (AvgIpc) is 2.41. The summed E-state index contributed by atoms with van der Waals surface area (Å²) < 4.78 is 0. The van der Waals surface area contributed by atoms with E-state index in [0.29, 0.717) is 5.56 Å². The lowest BCUT2D eigenvalue weighted by atomic mass is 9.81. The van der Waals surface area contributed by atoms with Gasteiger partial charge in [-0.3, -0.25) is 0 Å². The van der Waals surface area contributed by atoms with Crippen molar-refractivity contribution in [3.05, 3.63) is 48.0 Å². The Hall–Kier alpha value is -1.96. The highest BCUT2D eigenvalue weighted by Crippen LogP contribution is 2.41. The van der Waals surface area contributed by atoms with E-state index in [1.54, 1.807) is 12.1 Å². The molecule has 0 spiro atoms. The zero-order valence-corrected chi connectivity index (χ0v) is 11.6. The number of rotatable bonds is 3. The largest absolute Gasteiger partial charge is 0.508 e. The number of aromatic hydroxyl groups is 2. The Bertz CT molecular complexity index is 571. The molecule has 2 nitrogen and oxygen atoms in total. The van der Waals surface area contributed by atoms with Crippen molar-refractivity contribution < 1.29 is 10.2 Å². The molecule has 0 bridgehead atoms. The Balaban J connectivity index is 2.55. The standard InChI is InChI=1S/C17H20O2/c1-4-17(2,3)14-11-15(18)13(10-16(14)19)12-8-6-5-7-9-12/h5-11,18-19H,4H2,1-3H3. The van der Waals surface area contributed by atoms with Gasteiger partial charge in [-0.05, 0) is 29.5 Å². The minimum absolute atomic E-state index is 0.156. The molecule has 0 saturated heterocycles. The molecule has 100 valence electrons. The molecule has 2 aromatic carbocycles. The SMILES string of the molecule is CCC(C)(C)c1cc(O)c(-c2ccccc2)cc1O. The number of hydrogen-bond acceptors (Lipinski definition) is 2. The monoisotopic (exact) mass is 256 g/mol. The second-order valence-corrected chi connectivity index (χ2v) is 5.49. The van der Waals surface area contributed by atoms with Gasteiger partial charge >= 0.3 is 0 Å². The summed E-state index contributed by atoms with van der Waals surface area (Å²) >= 11 is 0. The maximum Gasteiger partial charge on any atom is 0.123 e. The van der Waals surface area contributed by atoms with Crippen LogP contribution in [0.25, 0.3) is 11.1 Å². The maximum atomic E-state index is 10.2. The Kier molecular flexibility index (Phi) is 3.52. The number of phenolic OH excluding ortho intramolecular Hbond substituents is 2. The van der Waals surface area contributed by atoms with Gasteiger partial charge in [0, 0.05) is 11.1 Å². The molecule has 0 fully saturated rings. The molecule has 0 atom stereocenters. The third-order valence-electron chi connectivity index (χ3n) is 3.81. The van der Waals surface area contributed by atoms with Crippen LogP contribution in [0, 0.1) is 0 Å². The highest BCUT2D eigenvalue weighted by Gasteiger charge is 2.23. The van der Waals surface area contributed by atoms with Crippen LogP contribution in [0.3, 0.4) is 0 Å². The minimum atomic E-state index is -0.156. The first-order valence-corrected chi connectivity index (χ1v) is 6.57. The Labute approximate surface area is 114 Å². The zero-order chi connectivity index (χ0) is 14.0. The molecule has 0 unspecified atom stereocenters. The van der Waals surface area contributed by atoms with Crippen LogP contribution in [0.15, 0.2) is 42.5 Å². The van der Waals surface area contributed by atoms with E-state index in [1.165, 1.54) is 0 Å². The third-order valence-corrected chi connectivity index (χ3v) is 3.81. The van der Waals surface area contributed by atoms with Crippen LogP contribution in [0.2, 0.25) is 0 Å². The molecule has 0 saturated carbocycles. The summed E-state index contributed by atoms with van der Waals surface area (Å²) in [7, 11) is 0. The summed E-state index contributed by atoms with van der Waals surface area (Å²) in [6.07, 6.45) is 0.894. The van der Waals surface area contributed by atoms with Crippen molar-refractivity contribution in [3.63, 3.8) is 0 Å². The van der Waals surface area contributed by atoms with Gasteiger partial charge in [-0.25, -0.2) is 0 Å².